The van der Waals surface area contributed by atoms with Gasteiger partial charge in [-0.1, -0.05) is 23.2 Å². The zero-order valence-electron chi connectivity index (χ0n) is 13.1. The molecule has 128 valence electrons. The first-order chi connectivity index (χ1) is 11.9. The molecular weight excluding hydrogens is 363 g/mol. The van der Waals surface area contributed by atoms with Crippen LogP contribution in [-0.2, 0) is 0 Å². The Hall–Kier alpha value is -2.08. The van der Waals surface area contributed by atoms with E-state index in [2.05, 4.69) is 10.2 Å². The lowest BCUT2D eigenvalue weighted by molar-refractivity contribution is 0.0424. The normalized spacial score (nSPS) is 21.1. The van der Waals surface area contributed by atoms with E-state index in [0.717, 1.165) is 18.8 Å². The number of halogens is 2. The first kappa shape index (κ1) is 16.4. The van der Waals surface area contributed by atoms with Gasteiger partial charge in [-0.25, -0.2) is 0 Å². The number of hydrogen-bond acceptors (Lipinski definition) is 5. The first-order valence-corrected chi connectivity index (χ1v) is 8.56. The molecule has 2 aliphatic rings. The Morgan fingerprint density at radius 3 is 2.36 bits per heavy atom. The summed E-state index contributed by atoms with van der Waals surface area (Å²) in [5.41, 5.74) is -0.196. The zero-order chi connectivity index (χ0) is 17.8. The van der Waals surface area contributed by atoms with E-state index in [-0.39, 0.29) is 27.1 Å². The molecule has 2 N–H and O–H groups in total. The number of Topliss-reactive ketones (excluding diaryl/α,β-unsaturated/α-hetero) is 2. The van der Waals surface area contributed by atoms with Gasteiger partial charge in [0.25, 0.3) is 0 Å². The van der Waals surface area contributed by atoms with E-state index >= 15 is 0 Å². The summed E-state index contributed by atoms with van der Waals surface area (Å²) >= 11 is 12.1. The van der Waals surface area contributed by atoms with E-state index in [1.54, 1.807) is 12.1 Å². The lowest BCUT2D eigenvalue weighted by atomic mass is 9.96. The molecule has 2 aliphatic heterocycles. The number of benzene rings is 2. The van der Waals surface area contributed by atoms with Crippen LogP contribution in [0.1, 0.15) is 27.1 Å². The fourth-order valence-electron chi connectivity index (χ4n) is 2.99. The molecule has 25 heavy (non-hydrogen) atoms. The highest BCUT2D eigenvalue weighted by Gasteiger charge is 2.47. The number of carbonyl (C=O) groups excluding carboxylic acids is 2. The van der Waals surface area contributed by atoms with E-state index in [0.29, 0.717) is 5.56 Å². The summed E-state index contributed by atoms with van der Waals surface area (Å²) in [6.45, 7) is 2.04. The van der Waals surface area contributed by atoms with Gasteiger partial charge in [-0.2, -0.15) is 0 Å². The second-order valence-corrected chi connectivity index (χ2v) is 7.04. The molecule has 7 heteroatoms. The van der Waals surface area contributed by atoms with Gasteiger partial charge in [-0.15, -0.1) is 0 Å². The van der Waals surface area contributed by atoms with Gasteiger partial charge in [0.05, 0.1) is 27.7 Å². The SMILES string of the molecule is O=C(CC1(O)Nc2c(Cl)ccc(Cl)c2C1=O)c1ccc(N2CC2)cc1. The van der Waals surface area contributed by atoms with Crippen molar-refractivity contribution in [3.8, 4) is 0 Å². The van der Waals surface area contributed by atoms with Crippen LogP contribution < -0.4 is 10.2 Å². The number of rotatable bonds is 4. The average Bonchev–Trinajstić information content (AvgIpc) is 3.39. The molecular formula is C18H14Cl2N2O3. The average molecular weight is 377 g/mol. The van der Waals surface area contributed by atoms with Crippen LogP contribution in [0.4, 0.5) is 11.4 Å². The van der Waals surface area contributed by atoms with E-state index in [4.69, 9.17) is 23.2 Å². The van der Waals surface area contributed by atoms with Gasteiger partial charge >= 0.3 is 0 Å². The molecule has 0 aromatic heterocycles. The maximum atomic E-state index is 12.6. The Morgan fingerprint density at radius 2 is 1.76 bits per heavy atom. The second kappa shape index (κ2) is 5.73. The number of anilines is 2. The maximum absolute atomic E-state index is 12.6. The lowest BCUT2D eigenvalue weighted by Gasteiger charge is -2.21. The van der Waals surface area contributed by atoms with Gasteiger partial charge in [0.1, 0.15) is 0 Å². The smallest absolute Gasteiger partial charge is 0.219 e. The van der Waals surface area contributed by atoms with Crippen molar-refractivity contribution in [2.24, 2.45) is 0 Å². The van der Waals surface area contributed by atoms with Gasteiger partial charge in [0.15, 0.2) is 5.78 Å². The van der Waals surface area contributed by atoms with E-state index < -0.39 is 17.9 Å². The summed E-state index contributed by atoms with van der Waals surface area (Å²) < 4.78 is 0. The van der Waals surface area contributed by atoms with Crippen LogP contribution in [-0.4, -0.2) is 35.5 Å². The fourth-order valence-corrected chi connectivity index (χ4v) is 3.44. The van der Waals surface area contributed by atoms with Gasteiger partial charge in [0.2, 0.25) is 11.5 Å². The molecule has 5 nitrogen and oxygen atoms in total. The molecule has 0 bridgehead atoms. The Balaban J connectivity index is 1.57. The molecule has 2 aromatic rings. The number of carbonyl (C=O) groups is 2. The molecule has 0 spiro atoms. The standard InChI is InChI=1S/C18H14Cl2N2O3/c19-12-5-6-13(20)16-15(12)17(24)18(25,21-16)9-14(23)10-1-3-11(4-2-10)22-7-8-22/h1-6,21,25H,7-9H2. The number of fused-ring (bicyclic) bond motifs is 1. The minimum absolute atomic E-state index is 0.112. The number of nitrogens with zero attached hydrogens (tertiary/aromatic N) is 1. The fraction of sp³-hybridized carbons (Fsp3) is 0.222. The number of aliphatic hydroxyl groups is 1. The molecule has 0 amide bonds. The Labute approximate surface area is 154 Å². The van der Waals surface area contributed by atoms with Crippen LogP contribution in [0.15, 0.2) is 36.4 Å². The summed E-state index contributed by atoms with van der Waals surface area (Å²) in [4.78, 5) is 27.3. The van der Waals surface area contributed by atoms with Crippen molar-refractivity contribution in [1.29, 1.82) is 0 Å². The lowest BCUT2D eigenvalue weighted by Crippen LogP contribution is -2.43. The summed E-state index contributed by atoms with van der Waals surface area (Å²) in [6.07, 6.45) is -0.407. The topological polar surface area (TPSA) is 69.4 Å². The molecule has 0 radical (unpaired) electrons. The molecule has 0 saturated carbocycles. The van der Waals surface area contributed by atoms with Crippen LogP contribution in [0.3, 0.4) is 0 Å². The highest BCUT2D eigenvalue weighted by molar-refractivity contribution is 6.40. The largest absolute Gasteiger partial charge is 0.368 e. The molecule has 0 aliphatic carbocycles. The van der Waals surface area contributed by atoms with E-state index in [1.807, 2.05) is 12.1 Å². The number of nitrogens with one attached hydrogen (secondary N) is 1. The van der Waals surface area contributed by atoms with Crippen LogP contribution in [0.25, 0.3) is 0 Å². The van der Waals surface area contributed by atoms with Crippen molar-refractivity contribution in [3.63, 3.8) is 0 Å². The molecule has 1 fully saturated rings. The first-order valence-electron chi connectivity index (χ1n) is 7.81. The quantitative estimate of drug-likeness (QED) is 0.632. The van der Waals surface area contributed by atoms with Crippen LogP contribution in [0.5, 0.6) is 0 Å². The molecule has 1 saturated heterocycles. The van der Waals surface area contributed by atoms with Gasteiger partial charge in [0, 0.05) is 24.3 Å². The molecule has 2 heterocycles. The van der Waals surface area contributed by atoms with Crippen LogP contribution in [0.2, 0.25) is 10.0 Å². The van der Waals surface area contributed by atoms with Crippen LogP contribution >= 0.6 is 23.2 Å². The van der Waals surface area contributed by atoms with Crippen molar-refractivity contribution >= 4 is 46.1 Å². The highest BCUT2D eigenvalue weighted by atomic mass is 35.5. The molecule has 1 atom stereocenters. The van der Waals surface area contributed by atoms with Crippen molar-refractivity contribution < 1.29 is 14.7 Å². The van der Waals surface area contributed by atoms with Crippen LogP contribution in [0, 0.1) is 0 Å². The second-order valence-electron chi connectivity index (χ2n) is 6.23. The van der Waals surface area contributed by atoms with E-state index in [1.165, 1.54) is 12.1 Å². The van der Waals surface area contributed by atoms with Gasteiger partial charge in [-0.3, -0.25) is 9.59 Å². The predicted octanol–water partition coefficient (Wildman–Crippen LogP) is 3.38. The summed E-state index contributed by atoms with van der Waals surface area (Å²) in [6, 6.07) is 10.1. The molecule has 2 aromatic carbocycles. The predicted molar refractivity (Wildman–Crippen MR) is 97.0 cm³/mol. The highest BCUT2D eigenvalue weighted by Crippen LogP contribution is 2.42. The Morgan fingerprint density at radius 1 is 1.12 bits per heavy atom. The summed E-state index contributed by atoms with van der Waals surface area (Å²) in [7, 11) is 0. The third-order valence-electron chi connectivity index (χ3n) is 4.46. The maximum Gasteiger partial charge on any atom is 0.219 e. The van der Waals surface area contributed by atoms with Crippen molar-refractivity contribution in [2.75, 3.05) is 23.3 Å². The number of hydrogen-bond donors (Lipinski definition) is 2. The summed E-state index contributed by atoms with van der Waals surface area (Å²) in [5, 5.41) is 13.8. The van der Waals surface area contributed by atoms with Crippen molar-refractivity contribution in [2.45, 2.75) is 12.1 Å². The van der Waals surface area contributed by atoms with Gasteiger partial charge < -0.3 is 15.3 Å². The third-order valence-corrected chi connectivity index (χ3v) is 5.09. The van der Waals surface area contributed by atoms with Crippen molar-refractivity contribution in [1.82, 2.24) is 0 Å². The summed E-state index contributed by atoms with van der Waals surface area (Å²) in [5.74, 6) is -0.996. The monoisotopic (exact) mass is 376 g/mol. The third kappa shape index (κ3) is 2.78. The molecule has 4 rings (SSSR count). The van der Waals surface area contributed by atoms with Gasteiger partial charge in [-0.05, 0) is 36.4 Å². The minimum Gasteiger partial charge on any atom is -0.368 e. The Bertz CT molecular complexity index is 894. The Kier molecular flexibility index (Phi) is 3.76. The van der Waals surface area contributed by atoms with Crippen molar-refractivity contribution in [3.05, 3.63) is 57.6 Å². The number of ketones is 2. The van der Waals surface area contributed by atoms with E-state index in [9.17, 15) is 14.7 Å². The minimum atomic E-state index is -2.05. The molecule has 1 unspecified atom stereocenters. The zero-order valence-corrected chi connectivity index (χ0v) is 14.6.